The molecule has 0 bridgehead atoms. The number of para-hydroxylation sites is 1. The fraction of sp³-hybridized carbons (Fsp3) is 0.118. The Morgan fingerprint density at radius 2 is 1.95 bits per heavy atom. The molecule has 0 aliphatic carbocycles. The van der Waals surface area contributed by atoms with Crippen molar-refractivity contribution in [2.24, 2.45) is 0 Å². The van der Waals surface area contributed by atoms with Crippen molar-refractivity contribution >= 4 is 27.4 Å². The maximum absolute atomic E-state index is 11.2. The van der Waals surface area contributed by atoms with Crippen LogP contribution >= 0.6 is 11.3 Å². The van der Waals surface area contributed by atoms with E-state index in [1.54, 1.807) is 36.6 Å². The molecule has 0 aliphatic rings. The van der Waals surface area contributed by atoms with Crippen LogP contribution in [-0.2, 0) is 6.61 Å². The average Bonchev–Trinajstić information content (AvgIpc) is 3.02. The maximum atomic E-state index is 11.2. The van der Waals surface area contributed by atoms with E-state index in [1.807, 2.05) is 23.6 Å². The van der Waals surface area contributed by atoms with Crippen LogP contribution in [-0.4, -0.2) is 18.2 Å². The first-order chi connectivity index (χ1) is 10.7. The number of ether oxygens (including phenoxy) is 2. The molecule has 22 heavy (non-hydrogen) atoms. The van der Waals surface area contributed by atoms with Gasteiger partial charge in [0.15, 0.2) is 0 Å². The Morgan fingerprint density at radius 3 is 2.73 bits per heavy atom. The van der Waals surface area contributed by atoms with E-state index in [0.717, 1.165) is 21.4 Å². The minimum absolute atomic E-state index is 0.165. The summed E-state index contributed by atoms with van der Waals surface area (Å²) in [6.45, 7) is 0.311. The van der Waals surface area contributed by atoms with E-state index in [9.17, 15) is 9.90 Å². The van der Waals surface area contributed by atoms with Gasteiger partial charge < -0.3 is 14.6 Å². The molecule has 3 aromatic rings. The van der Waals surface area contributed by atoms with Crippen molar-refractivity contribution in [2.45, 2.75) is 6.61 Å². The van der Waals surface area contributed by atoms with Crippen LogP contribution in [0.25, 0.3) is 10.1 Å². The normalized spacial score (nSPS) is 10.6. The summed E-state index contributed by atoms with van der Waals surface area (Å²) < 4.78 is 12.2. The van der Waals surface area contributed by atoms with Crippen molar-refractivity contribution in [3.05, 3.63) is 59.0 Å². The molecule has 0 spiro atoms. The fourth-order valence-electron chi connectivity index (χ4n) is 2.31. The van der Waals surface area contributed by atoms with Crippen LogP contribution in [0, 0.1) is 0 Å². The van der Waals surface area contributed by atoms with Gasteiger partial charge in [-0.2, -0.15) is 0 Å². The number of aromatic carboxylic acids is 1. The Labute approximate surface area is 131 Å². The van der Waals surface area contributed by atoms with Gasteiger partial charge in [0.25, 0.3) is 0 Å². The summed E-state index contributed by atoms with van der Waals surface area (Å²) in [4.78, 5) is 11.2. The van der Waals surface area contributed by atoms with E-state index in [4.69, 9.17) is 9.47 Å². The Kier molecular flexibility index (Phi) is 3.98. The first-order valence-corrected chi connectivity index (χ1v) is 7.57. The zero-order chi connectivity index (χ0) is 15.5. The van der Waals surface area contributed by atoms with Gasteiger partial charge in [0.1, 0.15) is 23.7 Å². The fourth-order valence-corrected chi connectivity index (χ4v) is 3.22. The van der Waals surface area contributed by atoms with E-state index < -0.39 is 5.97 Å². The number of carbonyl (C=O) groups is 1. The molecule has 0 fully saturated rings. The number of methoxy groups -OCH3 is 1. The second-order valence-corrected chi connectivity index (χ2v) is 5.60. The smallest absolute Gasteiger partial charge is 0.339 e. The standard InChI is InChI=1S/C17H14O4S/c1-20-14-7-6-11(16-12(14)8-9-22-16)10-21-15-5-3-2-4-13(15)17(18)19/h2-9H,10H2,1H3,(H,18,19). The molecule has 0 saturated carbocycles. The predicted octanol–water partition coefficient (Wildman–Crippen LogP) is 4.19. The van der Waals surface area contributed by atoms with Crippen molar-refractivity contribution in [3.8, 4) is 11.5 Å². The van der Waals surface area contributed by atoms with Gasteiger partial charge in [-0.25, -0.2) is 4.79 Å². The van der Waals surface area contributed by atoms with Crippen LogP contribution in [0.3, 0.4) is 0 Å². The lowest BCUT2D eigenvalue weighted by atomic mass is 10.1. The summed E-state index contributed by atoms with van der Waals surface area (Å²) in [6, 6.07) is 12.5. The summed E-state index contributed by atoms with van der Waals surface area (Å²) in [6.07, 6.45) is 0. The third-order valence-electron chi connectivity index (χ3n) is 3.38. The molecule has 112 valence electrons. The van der Waals surface area contributed by atoms with Gasteiger partial charge in [-0.3, -0.25) is 0 Å². The van der Waals surface area contributed by atoms with Crippen molar-refractivity contribution in [1.29, 1.82) is 0 Å². The number of hydrogen-bond acceptors (Lipinski definition) is 4. The lowest BCUT2D eigenvalue weighted by Gasteiger charge is -2.11. The summed E-state index contributed by atoms with van der Waals surface area (Å²) in [7, 11) is 1.64. The lowest BCUT2D eigenvalue weighted by Crippen LogP contribution is -2.03. The monoisotopic (exact) mass is 314 g/mol. The molecule has 0 amide bonds. The molecule has 2 aromatic carbocycles. The van der Waals surface area contributed by atoms with Crippen molar-refractivity contribution in [1.82, 2.24) is 0 Å². The highest BCUT2D eigenvalue weighted by atomic mass is 32.1. The Bertz CT molecular complexity index is 822. The highest BCUT2D eigenvalue weighted by Crippen LogP contribution is 2.33. The van der Waals surface area contributed by atoms with Gasteiger partial charge >= 0.3 is 5.97 Å². The minimum Gasteiger partial charge on any atom is -0.496 e. The number of rotatable bonds is 5. The molecule has 5 heteroatoms. The number of thiophene rings is 1. The van der Waals surface area contributed by atoms with Gasteiger partial charge in [0, 0.05) is 15.6 Å². The second kappa shape index (κ2) is 6.07. The van der Waals surface area contributed by atoms with Crippen molar-refractivity contribution in [3.63, 3.8) is 0 Å². The molecular formula is C17H14O4S. The third-order valence-corrected chi connectivity index (χ3v) is 4.37. The summed E-state index contributed by atoms with van der Waals surface area (Å²) in [5, 5.41) is 12.2. The Morgan fingerprint density at radius 1 is 1.14 bits per heavy atom. The van der Waals surface area contributed by atoms with Crippen LogP contribution < -0.4 is 9.47 Å². The van der Waals surface area contributed by atoms with E-state index in [1.165, 1.54) is 6.07 Å². The van der Waals surface area contributed by atoms with Crippen molar-refractivity contribution in [2.75, 3.05) is 7.11 Å². The Hall–Kier alpha value is -2.53. The van der Waals surface area contributed by atoms with Gasteiger partial charge in [-0.15, -0.1) is 11.3 Å². The van der Waals surface area contributed by atoms with Crippen LogP contribution in [0.4, 0.5) is 0 Å². The number of carboxylic acids is 1. The number of carboxylic acid groups (broad SMARTS) is 1. The highest BCUT2D eigenvalue weighted by Gasteiger charge is 2.12. The molecule has 0 aliphatic heterocycles. The average molecular weight is 314 g/mol. The number of benzene rings is 2. The molecule has 3 rings (SSSR count). The summed E-state index contributed by atoms with van der Waals surface area (Å²) >= 11 is 1.61. The first-order valence-electron chi connectivity index (χ1n) is 6.69. The van der Waals surface area contributed by atoms with Crippen molar-refractivity contribution < 1.29 is 19.4 Å². The van der Waals surface area contributed by atoms with Crippen LogP contribution in [0.1, 0.15) is 15.9 Å². The molecule has 4 nitrogen and oxygen atoms in total. The van der Waals surface area contributed by atoms with Gasteiger partial charge in [-0.05, 0) is 29.6 Å². The maximum Gasteiger partial charge on any atom is 0.339 e. The van der Waals surface area contributed by atoms with Gasteiger partial charge in [0.2, 0.25) is 0 Å². The zero-order valence-electron chi connectivity index (χ0n) is 11.9. The molecular weight excluding hydrogens is 300 g/mol. The lowest BCUT2D eigenvalue weighted by molar-refractivity contribution is 0.0692. The Balaban J connectivity index is 1.89. The summed E-state index contributed by atoms with van der Waals surface area (Å²) in [5.74, 6) is 0.202. The predicted molar refractivity (Wildman–Crippen MR) is 86.1 cm³/mol. The number of hydrogen-bond donors (Lipinski definition) is 1. The minimum atomic E-state index is -0.994. The molecule has 0 atom stereocenters. The topological polar surface area (TPSA) is 55.8 Å². The molecule has 0 saturated heterocycles. The van der Waals surface area contributed by atoms with Gasteiger partial charge in [-0.1, -0.05) is 18.2 Å². The molecule has 1 heterocycles. The van der Waals surface area contributed by atoms with E-state index in [2.05, 4.69) is 0 Å². The van der Waals surface area contributed by atoms with E-state index in [-0.39, 0.29) is 5.56 Å². The van der Waals surface area contributed by atoms with Crippen LogP contribution in [0.5, 0.6) is 11.5 Å². The third kappa shape index (κ3) is 2.63. The number of fused-ring (bicyclic) bond motifs is 1. The molecule has 1 N–H and O–H groups in total. The van der Waals surface area contributed by atoms with Crippen LogP contribution in [0.2, 0.25) is 0 Å². The molecule has 0 radical (unpaired) electrons. The van der Waals surface area contributed by atoms with E-state index in [0.29, 0.717) is 12.4 Å². The van der Waals surface area contributed by atoms with Crippen LogP contribution in [0.15, 0.2) is 47.8 Å². The van der Waals surface area contributed by atoms with Gasteiger partial charge in [0.05, 0.1) is 7.11 Å². The summed E-state index contributed by atoms with van der Waals surface area (Å²) in [5.41, 5.74) is 1.17. The van der Waals surface area contributed by atoms with E-state index >= 15 is 0 Å². The SMILES string of the molecule is COc1ccc(COc2ccccc2C(=O)O)c2sccc12. The second-order valence-electron chi connectivity index (χ2n) is 4.68. The largest absolute Gasteiger partial charge is 0.496 e. The molecule has 0 unspecified atom stereocenters. The highest BCUT2D eigenvalue weighted by molar-refractivity contribution is 7.17. The first kappa shape index (κ1) is 14.4. The molecule has 1 aromatic heterocycles. The zero-order valence-corrected chi connectivity index (χ0v) is 12.7. The quantitative estimate of drug-likeness (QED) is 0.767.